The van der Waals surface area contributed by atoms with E-state index in [2.05, 4.69) is 5.32 Å². The van der Waals surface area contributed by atoms with Gasteiger partial charge in [0.15, 0.2) is 0 Å². The Balaban J connectivity index is 4.14. The zero-order valence-electron chi connectivity index (χ0n) is 11.6. The molecule has 5 heteroatoms. The van der Waals surface area contributed by atoms with Gasteiger partial charge in [0, 0.05) is 6.42 Å². The number of carbonyl (C=O) groups is 2. The Kier molecular flexibility index (Phi) is 8.37. The number of carbonyl (C=O) groups excluding carboxylic acids is 1. The third kappa shape index (κ3) is 6.59. The van der Waals surface area contributed by atoms with E-state index in [4.69, 9.17) is 10.8 Å². The van der Waals surface area contributed by atoms with Crippen LogP contribution in [0.5, 0.6) is 0 Å². The summed E-state index contributed by atoms with van der Waals surface area (Å²) < 4.78 is 0. The first kappa shape index (κ1) is 16.9. The summed E-state index contributed by atoms with van der Waals surface area (Å²) >= 11 is 0. The molecule has 106 valence electrons. The van der Waals surface area contributed by atoms with Crippen LogP contribution in [0.15, 0.2) is 0 Å². The molecule has 0 aliphatic rings. The van der Waals surface area contributed by atoms with Crippen molar-refractivity contribution < 1.29 is 14.7 Å². The van der Waals surface area contributed by atoms with Crippen molar-refractivity contribution in [2.45, 2.75) is 52.5 Å². The lowest BCUT2D eigenvalue weighted by Gasteiger charge is -2.20. The zero-order chi connectivity index (χ0) is 14.1. The molecule has 0 aliphatic heterocycles. The fourth-order valence-electron chi connectivity index (χ4n) is 1.74. The largest absolute Gasteiger partial charge is 0.480 e. The van der Waals surface area contributed by atoms with Crippen molar-refractivity contribution in [3.63, 3.8) is 0 Å². The van der Waals surface area contributed by atoms with Crippen molar-refractivity contribution in [1.29, 1.82) is 0 Å². The van der Waals surface area contributed by atoms with Crippen LogP contribution in [0, 0.1) is 11.8 Å². The van der Waals surface area contributed by atoms with Gasteiger partial charge < -0.3 is 16.2 Å². The molecule has 5 nitrogen and oxygen atoms in total. The lowest BCUT2D eigenvalue weighted by Crippen LogP contribution is -2.45. The second kappa shape index (κ2) is 8.91. The number of nitrogens with one attached hydrogen (secondary N) is 1. The molecule has 0 bridgehead atoms. The molecule has 0 aliphatic carbocycles. The third-order valence-corrected chi connectivity index (χ3v) is 3.32. The predicted octanol–water partition coefficient (Wildman–Crippen LogP) is 1.37. The molecule has 0 heterocycles. The summed E-state index contributed by atoms with van der Waals surface area (Å²) in [6.07, 6.45) is 2.72. The van der Waals surface area contributed by atoms with Crippen LogP contribution >= 0.6 is 0 Å². The molecule has 4 N–H and O–H groups in total. The smallest absolute Gasteiger partial charge is 0.326 e. The van der Waals surface area contributed by atoms with Crippen LogP contribution < -0.4 is 11.1 Å². The molecule has 1 unspecified atom stereocenters. The summed E-state index contributed by atoms with van der Waals surface area (Å²) in [7, 11) is 0. The molecule has 3 atom stereocenters. The van der Waals surface area contributed by atoms with E-state index >= 15 is 0 Å². The van der Waals surface area contributed by atoms with Crippen molar-refractivity contribution >= 4 is 11.9 Å². The fourth-order valence-corrected chi connectivity index (χ4v) is 1.74. The van der Waals surface area contributed by atoms with Gasteiger partial charge in [0.2, 0.25) is 5.91 Å². The van der Waals surface area contributed by atoms with Gasteiger partial charge in [0.25, 0.3) is 0 Å². The summed E-state index contributed by atoms with van der Waals surface area (Å²) in [6.45, 7) is 6.41. The zero-order valence-corrected chi connectivity index (χ0v) is 11.6. The highest BCUT2D eigenvalue weighted by Gasteiger charge is 2.25. The van der Waals surface area contributed by atoms with E-state index in [1.54, 1.807) is 0 Å². The van der Waals surface area contributed by atoms with Gasteiger partial charge in [-0.3, -0.25) is 4.79 Å². The SMILES string of the molecule is CC[C@H](C)[C@H](NC(=O)CCC(C)CCN)C(=O)O. The second-order valence-corrected chi connectivity index (χ2v) is 4.99. The molecule has 0 aromatic carbocycles. The monoisotopic (exact) mass is 258 g/mol. The van der Waals surface area contributed by atoms with Crippen LogP contribution in [0.2, 0.25) is 0 Å². The van der Waals surface area contributed by atoms with Crippen molar-refractivity contribution in [3.05, 3.63) is 0 Å². The topological polar surface area (TPSA) is 92.4 Å². The summed E-state index contributed by atoms with van der Waals surface area (Å²) in [5, 5.41) is 11.6. The van der Waals surface area contributed by atoms with E-state index in [-0.39, 0.29) is 11.8 Å². The highest BCUT2D eigenvalue weighted by molar-refractivity contribution is 5.83. The number of carboxylic acid groups (broad SMARTS) is 1. The molecule has 0 radical (unpaired) electrons. The van der Waals surface area contributed by atoms with Gasteiger partial charge in [-0.15, -0.1) is 0 Å². The third-order valence-electron chi connectivity index (χ3n) is 3.32. The quantitative estimate of drug-likeness (QED) is 0.582. The van der Waals surface area contributed by atoms with E-state index < -0.39 is 12.0 Å². The Hall–Kier alpha value is -1.10. The lowest BCUT2D eigenvalue weighted by molar-refractivity contribution is -0.143. The van der Waals surface area contributed by atoms with Crippen LogP contribution in [0.4, 0.5) is 0 Å². The minimum atomic E-state index is -0.965. The summed E-state index contributed by atoms with van der Waals surface area (Å²) in [4.78, 5) is 22.7. The van der Waals surface area contributed by atoms with Crippen molar-refractivity contribution in [2.24, 2.45) is 17.6 Å². The minimum Gasteiger partial charge on any atom is -0.480 e. The molecule has 0 saturated heterocycles. The normalized spacial score (nSPS) is 15.8. The Morgan fingerprint density at radius 3 is 2.33 bits per heavy atom. The van der Waals surface area contributed by atoms with E-state index in [0.717, 1.165) is 19.3 Å². The Morgan fingerprint density at radius 1 is 1.28 bits per heavy atom. The van der Waals surface area contributed by atoms with Crippen LogP contribution in [0.3, 0.4) is 0 Å². The predicted molar refractivity (Wildman–Crippen MR) is 71.1 cm³/mol. The van der Waals surface area contributed by atoms with Gasteiger partial charge >= 0.3 is 5.97 Å². The number of aliphatic carboxylic acids is 1. The number of rotatable bonds is 9. The Bertz CT molecular complexity index is 269. The second-order valence-electron chi connectivity index (χ2n) is 4.99. The van der Waals surface area contributed by atoms with E-state index in [1.165, 1.54) is 0 Å². The molecule has 0 aromatic heterocycles. The number of carboxylic acids is 1. The van der Waals surface area contributed by atoms with Gasteiger partial charge in [0.1, 0.15) is 6.04 Å². The van der Waals surface area contributed by atoms with Gasteiger partial charge in [-0.2, -0.15) is 0 Å². The van der Waals surface area contributed by atoms with Crippen LogP contribution in [0.1, 0.15) is 46.5 Å². The average molecular weight is 258 g/mol. The number of amides is 1. The fraction of sp³-hybridized carbons (Fsp3) is 0.846. The summed E-state index contributed by atoms with van der Waals surface area (Å²) in [5.41, 5.74) is 5.44. The first-order chi connectivity index (χ1) is 8.42. The number of hydrogen-bond acceptors (Lipinski definition) is 3. The standard InChI is InChI=1S/C13H26N2O3/c1-4-10(3)12(13(17)18)15-11(16)6-5-9(2)7-8-14/h9-10,12H,4-8,14H2,1-3H3,(H,15,16)(H,17,18)/t9?,10-,12-/m0/s1. The van der Waals surface area contributed by atoms with Gasteiger partial charge in [-0.1, -0.05) is 27.2 Å². The molecular formula is C13H26N2O3. The maximum Gasteiger partial charge on any atom is 0.326 e. The minimum absolute atomic E-state index is 0.0621. The molecule has 0 fully saturated rings. The first-order valence-corrected chi connectivity index (χ1v) is 6.64. The average Bonchev–Trinajstić information content (AvgIpc) is 2.32. The molecule has 1 amide bonds. The van der Waals surface area contributed by atoms with Crippen LogP contribution in [-0.4, -0.2) is 29.6 Å². The molecule has 0 rings (SSSR count). The van der Waals surface area contributed by atoms with Crippen LogP contribution in [-0.2, 0) is 9.59 Å². The van der Waals surface area contributed by atoms with Gasteiger partial charge in [-0.05, 0) is 31.2 Å². The molecule has 0 spiro atoms. The summed E-state index contributed by atoms with van der Waals surface area (Å²) in [6, 6.07) is -0.785. The molecular weight excluding hydrogens is 232 g/mol. The van der Waals surface area contributed by atoms with E-state index in [1.807, 2.05) is 20.8 Å². The Labute approximate surface area is 109 Å². The Morgan fingerprint density at radius 2 is 1.89 bits per heavy atom. The maximum absolute atomic E-state index is 11.7. The maximum atomic E-state index is 11.7. The van der Waals surface area contributed by atoms with Crippen molar-refractivity contribution in [1.82, 2.24) is 5.32 Å². The highest BCUT2D eigenvalue weighted by Crippen LogP contribution is 2.11. The lowest BCUT2D eigenvalue weighted by atomic mass is 9.98. The van der Waals surface area contributed by atoms with Crippen molar-refractivity contribution in [2.75, 3.05) is 6.54 Å². The van der Waals surface area contributed by atoms with Gasteiger partial charge in [-0.25, -0.2) is 4.79 Å². The van der Waals surface area contributed by atoms with E-state index in [0.29, 0.717) is 18.9 Å². The molecule has 0 aromatic rings. The number of nitrogens with two attached hydrogens (primary N) is 1. The van der Waals surface area contributed by atoms with Gasteiger partial charge in [0.05, 0.1) is 0 Å². The summed E-state index contributed by atoms with van der Waals surface area (Å²) in [5.74, 6) is -0.820. The molecule has 0 saturated carbocycles. The number of hydrogen-bond donors (Lipinski definition) is 3. The van der Waals surface area contributed by atoms with E-state index in [9.17, 15) is 9.59 Å². The van der Waals surface area contributed by atoms with Crippen molar-refractivity contribution in [3.8, 4) is 0 Å². The van der Waals surface area contributed by atoms with Crippen LogP contribution in [0.25, 0.3) is 0 Å². The molecule has 18 heavy (non-hydrogen) atoms. The first-order valence-electron chi connectivity index (χ1n) is 6.64. The highest BCUT2D eigenvalue weighted by atomic mass is 16.4.